The number of hydrogen-bond acceptors (Lipinski definition) is 4. The van der Waals surface area contributed by atoms with Gasteiger partial charge in [0.1, 0.15) is 0 Å². The molecule has 4 heteroatoms. The van der Waals surface area contributed by atoms with Crippen molar-refractivity contribution >= 4 is 5.97 Å². The summed E-state index contributed by atoms with van der Waals surface area (Å²) in [5, 5.41) is 21.8. The Morgan fingerprint density at radius 1 is 1.00 bits per heavy atom. The second kappa shape index (κ2) is 6.30. The Morgan fingerprint density at radius 2 is 1.38 bits per heavy atom. The van der Waals surface area contributed by atoms with Crippen LogP contribution >= 0.6 is 0 Å². The first kappa shape index (κ1) is 20.9. The fourth-order valence-electron chi connectivity index (χ4n) is 3.20. The highest BCUT2D eigenvalue weighted by Gasteiger charge is 2.49. The van der Waals surface area contributed by atoms with E-state index in [-0.39, 0.29) is 11.9 Å². The van der Waals surface area contributed by atoms with Crippen LogP contribution in [-0.4, -0.2) is 28.6 Å². The molecule has 0 unspecified atom stereocenters. The van der Waals surface area contributed by atoms with E-state index in [2.05, 4.69) is 0 Å². The fourth-order valence-corrected chi connectivity index (χ4v) is 3.20. The maximum absolute atomic E-state index is 12.4. The minimum absolute atomic E-state index is 0.271. The van der Waals surface area contributed by atoms with Gasteiger partial charge in [0.05, 0.1) is 12.0 Å². The molecule has 0 radical (unpaired) electrons. The van der Waals surface area contributed by atoms with Gasteiger partial charge >= 0.3 is 5.97 Å². The van der Waals surface area contributed by atoms with Crippen LogP contribution in [0, 0.1) is 22.2 Å². The molecule has 0 aromatic carbocycles. The van der Waals surface area contributed by atoms with Gasteiger partial charge in [-0.25, -0.2) is 0 Å². The zero-order valence-corrected chi connectivity index (χ0v) is 16.7. The molecular formula is C20H34O4. The Balaban J connectivity index is 3.55. The summed E-state index contributed by atoms with van der Waals surface area (Å²) in [5.41, 5.74) is -0.650. The third-order valence-corrected chi connectivity index (χ3v) is 4.69. The number of carbonyl (C=O) groups excluding carboxylic acids is 1. The fraction of sp³-hybridized carbons (Fsp3) is 0.750. The van der Waals surface area contributed by atoms with Crippen LogP contribution in [0.3, 0.4) is 0 Å². The number of carbonyl (C=O) groups is 1. The average molecular weight is 338 g/mol. The highest BCUT2D eigenvalue weighted by atomic mass is 16.5. The molecule has 0 heterocycles. The van der Waals surface area contributed by atoms with Gasteiger partial charge in [-0.3, -0.25) is 4.79 Å². The highest BCUT2D eigenvalue weighted by Crippen LogP contribution is 2.49. The van der Waals surface area contributed by atoms with Gasteiger partial charge < -0.3 is 14.9 Å². The monoisotopic (exact) mass is 338 g/mol. The van der Waals surface area contributed by atoms with Crippen molar-refractivity contribution in [3.63, 3.8) is 0 Å². The lowest BCUT2D eigenvalue weighted by molar-refractivity contribution is -0.155. The predicted molar refractivity (Wildman–Crippen MR) is 96.1 cm³/mol. The first-order valence-electron chi connectivity index (χ1n) is 8.63. The van der Waals surface area contributed by atoms with Crippen molar-refractivity contribution in [1.82, 2.24) is 0 Å². The highest BCUT2D eigenvalue weighted by molar-refractivity contribution is 5.77. The van der Waals surface area contributed by atoms with Crippen LogP contribution in [0.5, 0.6) is 0 Å². The smallest absolute Gasteiger partial charge is 0.312 e. The van der Waals surface area contributed by atoms with E-state index >= 15 is 0 Å². The minimum Gasteiger partial charge on any atom is -0.466 e. The van der Waals surface area contributed by atoms with E-state index in [0.29, 0.717) is 17.8 Å². The lowest BCUT2D eigenvalue weighted by atomic mass is 9.64. The van der Waals surface area contributed by atoms with Crippen molar-refractivity contribution in [2.75, 3.05) is 6.61 Å². The van der Waals surface area contributed by atoms with Crippen LogP contribution in [0.4, 0.5) is 0 Å². The molecule has 0 saturated heterocycles. The number of ether oxygens (including phenoxy) is 1. The lowest BCUT2D eigenvalue weighted by Crippen LogP contribution is -2.47. The Hall–Kier alpha value is -1.13. The summed E-state index contributed by atoms with van der Waals surface area (Å²) in [6.07, 6.45) is 3.65. The largest absolute Gasteiger partial charge is 0.466 e. The number of esters is 1. The van der Waals surface area contributed by atoms with Gasteiger partial charge in [-0.2, -0.15) is 0 Å². The van der Waals surface area contributed by atoms with E-state index in [1.54, 1.807) is 6.92 Å². The normalized spacial score (nSPS) is 19.6. The van der Waals surface area contributed by atoms with Gasteiger partial charge in [-0.1, -0.05) is 53.7 Å². The van der Waals surface area contributed by atoms with Crippen LogP contribution < -0.4 is 0 Å². The molecule has 0 aromatic rings. The molecule has 0 bridgehead atoms. The zero-order chi connectivity index (χ0) is 19.1. The molecular weight excluding hydrogens is 304 g/mol. The summed E-state index contributed by atoms with van der Waals surface area (Å²) in [6, 6.07) is 0. The van der Waals surface area contributed by atoms with Crippen molar-refractivity contribution < 1.29 is 19.7 Å². The molecule has 1 rings (SSSR count). The Morgan fingerprint density at radius 3 is 1.67 bits per heavy atom. The molecule has 0 aliphatic heterocycles. The molecule has 0 fully saturated rings. The first-order valence-corrected chi connectivity index (χ1v) is 8.63. The van der Waals surface area contributed by atoms with E-state index < -0.39 is 22.0 Å². The standard InChI is InChI=1S/C20H34O4/c1-10-24-16(21)19(8,9)13-11-14(17(2,3)4)20(22,23)15(12-13)18(5,6)7/h11-13,22-23H,10H2,1-9H3. The van der Waals surface area contributed by atoms with Gasteiger partial charge in [0.15, 0.2) is 0 Å². The SMILES string of the molecule is CCOC(=O)C(C)(C)C1C=C(C(C)(C)C)C(O)(O)C(C(C)(C)C)=C1. The number of aliphatic hydroxyl groups is 2. The van der Waals surface area contributed by atoms with Crippen molar-refractivity contribution in [3.8, 4) is 0 Å². The Kier molecular flexibility index (Phi) is 5.49. The summed E-state index contributed by atoms with van der Waals surface area (Å²) >= 11 is 0. The van der Waals surface area contributed by atoms with Gasteiger partial charge in [-0.15, -0.1) is 0 Å². The summed E-state index contributed by atoms with van der Waals surface area (Å²) < 4.78 is 5.23. The van der Waals surface area contributed by atoms with Crippen LogP contribution in [0.15, 0.2) is 23.3 Å². The number of allylic oxidation sites excluding steroid dienone is 2. The molecule has 0 spiro atoms. The molecule has 0 saturated carbocycles. The Labute approximate surface area is 146 Å². The molecule has 1 aliphatic carbocycles. The predicted octanol–water partition coefficient (Wildman–Crippen LogP) is 3.83. The third kappa shape index (κ3) is 3.92. The second-order valence-corrected chi connectivity index (χ2v) is 9.30. The zero-order valence-electron chi connectivity index (χ0n) is 16.7. The van der Waals surface area contributed by atoms with E-state index in [1.807, 2.05) is 67.5 Å². The van der Waals surface area contributed by atoms with Gasteiger partial charge in [0.25, 0.3) is 0 Å². The summed E-state index contributed by atoms with van der Waals surface area (Å²) in [5.74, 6) is -2.57. The number of hydrogen-bond donors (Lipinski definition) is 2. The Bertz CT molecular complexity index is 517. The van der Waals surface area contributed by atoms with Crippen LogP contribution in [-0.2, 0) is 9.53 Å². The second-order valence-electron chi connectivity index (χ2n) is 9.30. The lowest BCUT2D eigenvalue weighted by Gasteiger charge is -2.45. The maximum Gasteiger partial charge on any atom is 0.312 e. The average Bonchev–Trinajstić information content (AvgIpc) is 2.34. The molecule has 138 valence electrons. The summed E-state index contributed by atoms with van der Waals surface area (Å²) in [7, 11) is 0. The minimum atomic E-state index is -2.02. The topological polar surface area (TPSA) is 66.8 Å². The molecule has 0 aromatic heterocycles. The van der Waals surface area contributed by atoms with Crippen molar-refractivity contribution in [2.24, 2.45) is 22.2 Å². The number of rotatable bonds is 3. The molecule has 1 aliphatic rings. The summed E-state index contributed by atoms with van der Waals surface area (Å²) in [4.78, 5) is 12.4. The van der Waals surface area contributed by atoms with E-state index in [0.717, 1.165) is 0 Å². The molecule has 2 N–H and O–H groups in total. The molecule has 24 heavy (non-hydrogen) atoms. The van der Waals surface area contributed by atoms with Crippen molar-refractivity contribution in [1.29, 1.82) is 0 Å². The van der Waals surface area contributed by atoms with E-state index in [1.165, 1.54) is 0 Å². The van der Waals surface area contributed by atoms with E-state index in [4.69, 9.17) is 4.74 Å². The third-order valence-electron chi connectivity index (χ3n) is 4.69. The van der Waals surface area contributed by atoms with Crippen LogP contribution in [0.25, 0.3) is 0 Å². The molecule has 0 amide bonds. The van der Waals surface area contributed by atoms with Crippen LogP contribution in [0.2, 0.25) is 0 Å². The van der Waals surface area contributed by atoms with E-state index in [9.17, 15) is 15.0 Å². The quantitative estimate of drug-likeness (QED) is 0.466. The first-order chi connectivity index (χ1) is 10.6. The maximum atomic E-state index is 12.4. The van der Waals surface area contributed by atoms with Gasteiger partial charge in [-0.05, 0) is 42.7 Å². The summed E-state index contributed by atoms with van der Waals surface area (Å²) in [6.45, 7) is 17.5. The van der Waals surface area contributed by atoms with Crippen molar-refractivity contribution in [3.05, 3.63) is 23.3 Å². The van der Waals surface area contributed by atoms with Gasteiger partial charge in [0, 0.05) is 5.92 Å². The van der Waals surface area contributed by atoms with Crippen LogP contribution in [0.1, 0.15) is 62.3 Å². The van der Waals surface area contributed by atoms with Gasteiger partial charge in [0.2, 0.25) is 5.79 Å². The van der Waals surface area contributed by atoms with Crippen molar-refractivity contribution in [2.45, 2.75) is 68.1 Å². The molecule has 0 atom stereocenters. The molecule has 4 nitrogen and oxygen atoms in total.